The average Bonchev–Trinajstić information content (AvgIpc) is 2.94. The molecule has 3 rings (SSSR count). The largest absolute Gasteiger partial charge is 0.494 e. The van der Waals surface area contributed by atoms with Crippen LogP contribution in [0.2, 0.25) is 0 Å². The number of benzene rings is 2. The summed E-state index contributed by atoms with van der Waals surface area (Å²) in [6, 6.07) is 16.4. The quantitative estimate of drug-likeness (QED) is 0.370. The van der Waals surface area contributed by atoms with Gasteiger partial charge in [-0.3, -0.25) is 10.9 Å². The van der Waals surface area contributed by atoms with Crippen molar-refractivity contribution in [2.24, 2.45) is 4.99 Å². The minimum Gasteiger partial charge on any atom is -0.494 e. The minimum absolute atomic E-state index is 0.808. The summed E-state index contributed by atoms with van der Waals surface area (Å²) in [5, 5.41) is 0. The summed E-state index contributed by atoms with van der Waals surface area (Å²) >= 11 is 0. The number of nitrogens with zero attached hydrogens (tertiary/aromatic N) is 1. The van der Waals surface area contributed by atoms with Crippen molar-refractivity contribution >= 4 is 17.2 Å². The van der Waals surface area contributed by atoms with Crippen molar-refractivity contribution in [1.82, 2.24) is 5.43 Å². The molecule has 2 N–H and O–H groups in total. The van der Waals surface area contributed by atoms with Crippen LogP contribution in [0.15, 0.2) is 53.5 Å². The van der Waals surface area contributed by atoms with Gasteiger partial charge in [-0.2, -0.15) is 0 Å². The van der Waals surface area contributed by atoms with Gasteiger partial charge in [-0.25, -0.2) is 4.99 Å². The molecule has 0 atom stereocenters. The number of aliphatic imine (C=N–C) groups is 1. The molecule has 0 aliphatic carbocycles. The first-order chi connectivity index (χ1) is 13.8. The van der Waals surface area contributed by atoms with E-state index >= 15 is 0 Å². The molecule has 0 amide bonds. The van der Waals surface area contributed by atoms with Crippen molar-refractivity contribution in [2.45, 2.75) is 64.7 Å². The number of ether oxygens (including phenoxy) is 1. The number of nitrogens with one attached hydrogen (secondary N) is 2. The molecule has 150 valence electrons. The Morgan fingerprint density at radius 1 is 0.893 bits per heavy atom. The first-order valence-electron chi connectivity index (χ1n) is 10.8. The van der Waals surface area contributed by atoms with Gasteiger partial charge >= 0.3 is 0 Å². The molecule has 1 aliphatic rings. The van der Waals surface area contributed by atoms with E-state index in [1.54, 1.807) is 0 Å². The Labute approximate surface area is 169 Å². The van der Waals surface area contributed by atoms with E-state index < -0.39 is 0 Å². The third-order valence-corrected chi connectivity index (χ3v) is 5.06. The van der Waals surface area contributed by atoms with Crippen molar-refractivity contribution < 1.29 is 4.74 Å². The van der Waals surface area contributed by atoms with E-state index in [1.165, 1.54) is 37.7 Å². The lowest BCUT2D eigenvalue weighted by Crippen LogP contribution is -2.28. The van der Waals surface area contributed by atoms with Crippen LogP contribution in [0.5, 0.6) is 5.75 Å². The highest BCUT2D eigenvalue weighted by Crippen LogP contribution is 2.29. The van der Waals surface area contributed by atoms with Crippen LogP contribution in [0.25, 0.3) is 0 Å². The first-order valence-corrected chi connectivity index (χ1v) is 10.8. The molecule has 4 nitrogen and oxygen atoms in total. The Hall–Kier alpha value is -2.49. The van der Waals surface area contributed by atoms with Crippen molar-refractivity contribution in [3.05, 3.63) is 54.1 Å². The molecule has 0 fully saturated rings. The van der Waals surface area contributed by atoms with Crippen molar-refractivity contribution in [2.75, 3.05) is 12.0 Å². The lowest BCUT2D eigenvalue weighted by Gasteiger charge is -2.11. The second kappa shape index (κ2) is 11.4. The van der Waals surface area contributed by atoms with Gasteiger partial charge in [0.2, 0.25) is 0 Å². The van der Waals surface area contributed by atoms with Crippen molar-refractivity contribution in [3.8, 4) is 5.75 Å². The summed E-state index contributed by atoms with van der Waals surface area (Å²) < 4.78 is 5.98. The van der Waals surface area contributed by atoms with Gasteiger partial charge in [0.15, 0.2) is 0 Å². The Kier molecular flexibility index (Phi) is 8.23. The summed E-state index contributed by atoms with van der Waals surface area (Å²) in [4.78, 5) is 4.82. The standard InChI is InChI=1S/C24H33N3O/c1-2-3-4-5-6-10-18-28-22-16-17-23-20(19-22)12-11-15-24(25-23)27-26-21-13-8-7-9-14-21/h7-9,13-14,16-17,19,26H,2-6,10-12,15,18H2,1H3,(H,25,27). The van der Waals surface area contributed by atoms with E-state index in [0.717, 1.165) is 55.3 Å². The lowest BCUT2D eigenvalue weighted by molar-refractivity contribution is 0.304. The highest BCUT2D eigenvalue weighted by Gasteiger charge is 2.11. The molecule has 1 heterocycles. The molecular formula is C24H33N3O. The van der Waals surface area contributed by atoms with Gasteiger partial charge < -0.3 is 4.74 Å². The van der Waals surface area contributed by atoms with E-state index in [-0.39, 0.29) is 0 Å². The van der Waals surface area contributed by atoms with Crippen molar-refractivity contribution in [3.63, 3.8) is 0 Å². The number of fused-ring (bicyclic) bond motifs is 1. The van der Waals surface area contributed by atoms with Crippen LogP contribution in [0.1, 0.15) is 63.9 Å². The monoisotopic (exact) mass is 379 g/mol. The number of hydrogen-bond acceptors (Lipinski definition) is 4. The summed E-state index contributed by atoms with van der Waals surface area (Å²) in [6.07, 6.45) is 10.8. The van der Waals surface area contributed by atoms with E-state index in [1.807, 2.05) is 36.4 Å². The minimum atomic E-state index is 0.808. The molecule has 0 spiro atoms. The average molecular weight is 380 g/mol. The highest BCUT2D eigenvalue weighted by atomic mass is 16.5. The smallest absolute Gasteiger partial charge is 0.121 e. The van der Waals surface area contributed by atoms with Crippen LogP contribution in [-0.4, -0.2) is 12.4 Å². The maximum absolute atomic E-state index is 5.98. The van der Waals surface area contributed by atoms with Gasteiger partial charge in [-0.1, -0.05) is 57.2 Å². The van der Waals surface area contributed by atoms with E-state index in [0.29, 0.717) is 0 Å². The van der Waals surface area contributed by atoms with Crippen LogP contribution < -0.4 is 15.6 Å². The molecular weight excluding hydrogens is 346 g/mol. The Morgan fingerprint density at radius 3 is 2.57 bits per heavy atom. The molecule has 28 heavy (non-hydrogen) atoms. The Morgan fingerprint density at radius 2 is 1.71 bits per heavy atom. The number of hydrogen-bond donors (Lipinski definition) is 2. The van der Waals surface area contributed by atoms with Crippen LogP contribution in [-0.2, 0) is 6.42 Å². The molecule has 2 aromatic carbocycles. The number of rotatable bonds is 10. The van der Waals surface area contributed by atoms with Crippen LogP contribution in [0, 0.1) is 0 Å². The molecule has 0 radical (unpaired) electrons. The molecule has 2 aromatic rings. The van der Waals surface area contributed by atoms with Gasteiger partial charge in [-0.05, 0) is 55.2 Å². The fraction of sp³-hybridized carbons (Fsp3) is 0.458. The van der Waals surface area contributed by atoms with Crippen LogP contribution in [0.3, 0.4) is 0 Å². The summed E-state index contributed by atoms with van der Waals surface area (Å²) in [5.41, 5.74) is 9.85. The highest BCUT2D eigenvalue weighted by molar-refractivity contribution is 5.86. The zero-order valence-corrected chi connectivity index (χ0v) is 17.0. The fourth-order valence-electron chi connectivity index (χ4n) is 3.44. The number of hydrazine groups is 1. The zero-order valence-electron chi connectivity index (χ0n) is 17.0. The molecule has 0 bridgehead atoms. The summed E-state index contributed by atoms with van der Waals surface area (Å²) in [5.74, 6) is 1.95. The SMILES string of the molecule is CCCCCCCCOc1ccc2c(c1)CCCC(NNc1ccccc1)=N2. The number of aryl methyl sites for hydroxylation is 1. The van der Waals surface area contributed by atoms with Gasteiger partial charge in [0.05, 0.1) is 18.0 Å². The van der Waals surface area contributed by atoms with Crippen LogP contribution >= 0.6 is 0 Å². The second-order valence-corrected chi connectivity index (χ2v) is 7.43. The number of unbranched alkanes of at least 4 members (excludes halogenated alkanes) is 5. The second-order valence-electron chi connectivity index (χ2n) is 7.43. The third-order valence-electron chi connectivity index (χ3n) is 5.06. The molecule has 0 saturated heterocycles. The van der Waals surface area contributed by atoms with Crippen molar-refractivity contribution in [1.29, 1.82) is 0 Å². The van der Waals surface area contributed by atoms with Crippen LogP contribution in [0.4, 0.5) is 11.4 Å². The predicted octanol–water partition coefficient (Wildman–Crippen LogP) is 6.41. The number of para-hydroxylation sites is 1. The molecule has 0 saturated carbocycles. The maximum atomic E-state index is 5.98. The van der Waals surface area contributed by atoms with E-state index in [9.17, 15) is 0 Å². The lowest BCUT2D eigenvalue weighted by atomic mass is 10.1. The normalized spacial score (nSPS) is 13.2. The zero-order chi connectivity index (χ0) is 19.4. The molecule has 1 aliphatic heterocycles. The Bertz CT molecular complexity index is 743. The maximum Gasteiger partial charge on any atom is 0.121 e. The topological polar surface area (TPSA) is 45.6 Å². The summed E-state index contributed by atoms with van der Waals surface area (Å²) in [7, 11) is 0. The number of amidine groups is 1. The van der Waals surface area contributed by atoms with E-state index in [4.69, 9.17) is 9.73 Å². The van der Waals surface area contributed by atoms with Gasteiger partial charge in [0, 0.05) is 6.42 Å². The molecule has 0 unspecified atom stereocenters. The first kappa shape index (κ1) is 20.2. The van der Waals surface area contributed by atoms with E-state index in [2.05, 4.69) is 29.9 Å². The third kappa shape index (κ3) is 6.59. The summed E-state index contributed by atoms with van der Waals surface area (Å²) in [6.45, 7) is 3.06. The predicted molar refractivity (Wildman–Crippen MR) is 119 cm³/mol. The van der Waals surface area contributed by atoms with Gasteiger partial charge in [-0.15, -0.1) is 0 Å². The molecule has 0 aromatic heterocycles. The van der Waals surface area contributed by atoms with Gasteiger partial charge in [0.1, 0.15) is 11.6 Å². The molecule has 4 heteroatoms. The Balaban J connectivity index is 1.49. The number of anilines is 1. The van der Waals surface area contributed by atoms with Gasteiger partial charge in [0.25, 0.3) is 0 Å². The fourth-order valence-corrected chi connectivity index (χ4v) is 3.44.